The topological polar surface area (TPSA) is 69.6 Å². The van der Waals surface area contributed by atoms with Gasteiger partial charge in [-0.3, -0.25) is 0 Å². The van der Waals surface area contributed by atoms with Crippen LogP contribution in [0.15, 0.2) is 43.1 Å². The Labute approximate surface area is 98.0 Å². The third kappa shape index (κ3) is 1.82. The van der Waals surface area contributed by atoms with Gasteiger partial charge in [0.15, 0.2) is 0 Å². The van der Waals surface area contributed by atoms with Crippen LogP contribution in [0.25, 0.3) is 11.0 Å². The van der Waals surface area contributed by atoms with Gasteiger partial charge in [0.05, 0.1) is 29.6 Å². The molecule has 5 nitrogen and oxygen atoms in total. The van der Waals surface area contributed by atoms with E-state index in [1.165, 1.54) is 0 Å². The molecule has 2 N–H and O–H groups in total. The van der Waals surface area contributed by atoms with Crippen LogP contribution in [0.5, 0.6) is 0 Å². The van der Waals surface area contributed by atoms with Crippen molar-refractivity contribution in [1.82, 2.24) is 19.5 Å². The van der Waals surface area contributed by atoms with Crippen LogP contribution in [0.2, 0.25) is 0 Å². The molecule has 1 aromatic carbocycles. The van der Waals surface area contributed by atoms with Gasteiger partial charge in [0.2, 0.25) is 0 Å². The highest BCUT2D eigenvalue weighted by Crippen LogP contribution is 2.16. The smallest absolute Gasteiger partial charge is 0.115 e. The van der Waals surface area contributed by atoms with Crippen LogP contribution in [0.4, 0.5) is 5.69 Å². The number of hydrogen-bond donors (Lipinski definition) is 1. The summed E-state index contributed by atoms with van der Waals surface area (Å²) in [4.78, 5) is 12.4. The first-order valence-electron chi connectivity index (χ1n) is 5.28. The highest BCUT2D eigenvalue weighted by Gasteiger charge is 2.03. The second kappa shape index (κ2) is 3.86. The summed E-state index contributed by atoms with van der Waals surface area (Å²) in [6.07, 6.45) is 5.08. The van der Waals surface area contributed by atoms with Gasteiger partial charge in [-0.1, -0.05) is 0 Å². The highest BCUT2D eigenvalue weighted by atomic mass is 15.1. The lowest BCUT2D eigenvalue weighted by molar-refractivity contribution is 0.792. The number of anilines is 1. The van der Waals surface area contributed by atoms with Crippen molar-refractivity contribution in [2.75, 3.05) is 5.73 Å². The Kier molecular flexibility index (Phi) is 2.22. The maximum absolute atomic E-state index is 5.72. The van der Waals surface area contributed by atoms with Gasteiger partial charge in [0.1, 0.15) is 6.33 Å². The monoisotopic (exact) mass is 225 g/mol. The third-order valence-corrected chi connectivity index (χ3v) is 2.62. The SMILES string of the molecule is Nc1ccc2c(c1)ncn2Cc1ccncn1. The van der Waals surface area contributed by atoms with Gasteiger partial charge in [-0.15, -0.1) is 0 Å². The van der Waals surface area contributed by atoms with E-state index in [0.29, 0.717) is 6.54 Å². The van der Waals surface area contributed by atoms with Crippen LogP contribution in [0.1, 0.15) is 5.69 Å². The van der Waals surface area contributed by atoms with Gasteiger partial charge < -0.3 is 10.3 Å². The van der Waals surface area contributed by atoms with Gasteiger partial charge in [0.25, 0.3) is 0 Å². The molecule has 0 aliphatic carbocycles. The molecule has 0 amide bonds. The molecular weight excluding hydrogens is 214 g/mol. The minimum absolute atomic E-state index is 0.683. The van der Waals surface area contributed by atoms with E-state index < -0.39 is 0 Å². The lowest BCUT2D eigenvalue weighted by Gasteiger charge is -2.03. The van der Waals surface area contributed by atoms with Crippen LogP contribution in [-0.4, -0.2) is 19.5 Å². The van der Waals surface area contributed by atoms with Crippen LogP contribution >= 0.6 is 0 Å². The van der Waals surface area contributed by atoms with Crippen LogP contribution in [-0.2, 0) is 6.54 Å². The zero-order valence-electron chi connectivity index (χ0n) is 9.11. The summed E-state index contributed by atoms with van der Waals surface area (Å²) in [6, 6.07) is 7.61. The average Bonchev–Trinajstić information content (AvgIpc) is 2.73. The van der Waals surface area contributed by atoms with Crippen molar-refractivity contribution in [2.24, 2.45) is 0 Å². The molecule has 2 aromatic heterocycles. The predicted molar refractivity (Wildman–Crippen MR) is 65.3 cm³/mol. The second-order valence-electron chi connectivity index (χ2n) is 3.82. The number of nitrogen functional groups attached to an aromatic ring is 1. The number of benzene rings is 1. The van der Waals surface area contributed by atoms with Crippen LogP contribution < -0.4 is 5.73 Å². The number of nitrogens with zero attached hydrogens (tertiary/aromatic N) is 4. The maximum Gasteiger partial charge on any atom is 0.115 e. The van der Waals surface area contributed by atoms with E-state index in [1.54, 1.807) is 18.9 Å². The molecule has 0 aliphatic heterocycles. The first kappa shape index (κ1) is 9.77. The van der Waals surface area contributed by atoms with Gasteiger partial charge in [0, 0.05) is 11.9 Å². The van der Waals surface area contributed by atoms with Crippen molar-refractivity contribution in [2.45, 2.75) is 6.54 Å². The van der Waals surface area contributed by atoms with Gasteiger partial charge in [-0.05, 0) is 24.3 Å². The van der Waals surface area contributed by atoms with E-state index in [4.69, 9.17) is 5.73 Å². The minimum atomic E-state index is 0.683. The van der Waals surface area contributed by atoms with Crippen molar-refractivity contribution in [1.29, 1.82) is 0 Å². The third-order valence-electron chi connectivity index (χ3n) is 2.62. The molecule has 17 heavy (non-hydrogen) atoms. The Balaban J connectivity index is 2.01. The number of fused-ring (bicyclic) bond motifs is 1. The predicted octanol–water partition coefficient (Wildman–Crippen LogP) is 1.46. The van der Waals surface area contributed by atoms with Crippen molar-refractivity contribution >= 4 is 16.7 Å². The summed E-state index contributed by atoms with van der Waals surface area (Å²) in [6.45, 7) is 0.683. The summed E-state index contributed by atoms with van der Waals surface area (Å²) in [5.74, 6) is 0. The molecular formula is C12H11N5. The molecule has 0 saturated heterocycles. The number of imidazole rings is 1. The fourth-order valence-electron chi connectivity index (χ4n) is 1.79. The standard InChI is InChI=1S/C12H11N5/c13-9-1-2-12-11(5-9)16-8-17(12)6-10-3-4-14-7-15-10/h1-5,7-8H,6,13H2. The number of aromatic nitrogens is 4. The van der Waals surface area contributed by atoms with Gasteiger partial charge in [-0.2, -0.15) is 0 Å². The molecule has 5 heteroatoms. The largest absolute Gasteiger partial charge is 0.399 e. The molecule has 0 radical (unpaired) electrons. The minimum Gasteiger partial charge on any atom is -0.399 e. The van der Waals surface area contributed by atoms with Crippen molar-refractivity contribution in [3.8, 4) is 0 Å². The van der Waals surface area contributed by atoms with Crippen molar-refractivity contribution in [3.05, 3.63) is 48.8 Å². The molecule has 0 aliphatic rings. The first-order chi connectivity index (χ1) is 8.33. The number of hydrogen-bond acceptors (Lipinski definition) is 4. The molecule has 84 valence electrons. The Morgan fingerprint density at radius 3 is 2.94 bits per heavy atom. The van der Waals surface area contributed by atoms with E-state index in [-0.39, 0.29) is 0 Å². The highest BCUT2D eigenvalue weighted by molar-refractivity contribution is 5.78. The average molecular weight is 225 g/mol. The molecule has 3 rings (SSSR count). The van der Waals surface area contributed by atoms with Crippen LogP contribution in [0.3, 0.4) is 0 Å². The van der Waals surface area contributed by atoms with Gasteiger partial charge >= 0.3 is 0 Å². The van der Waals surface area contributed by atoms with E-state index in [9.17, 15) is 0 Å². The number of rotatable bonds is 2. The zero-order chi connectivity index (χ0) is 11.7. The van der Waals surface area contributed by atoms with Crippen LogP contribution in [0, 0.1) is 0 Å². The van der Waals surface area contributed by atoms with Gasteiger partial charge in [-0.25, -0.2) is 15.0 Å². The van der Waals surface area contributed by atoms with Crippen molar-refractivity contribution < 1.29 is 0 Å². The molecule has 3 aromatic rings. The molecule has 0 fully saturated rings. The molecule has 0 spiro atoms. The molecule has 0 bridgehead atoms. The van der Waals surface area contributed by atoms with E-state index in [0.717, 1.165) is 22.4 Å². The van der Waals surface area contributed by atoms with E-state index >= 15 is 0 Å². The summed E-state index contributed by atoms with van der Waals surface area (Å²) in [7, 11) is 0. The summed E-state index contributed by atoms with van der Waals surface area (Å²) in [5, 5.41) is 0. The summed E-state index contributed by atoms with van der Waals surface area (Å²) < 4.78 is 2.04. The molecule has 0 unspecified atom stereocenters. The first-order valence-corrected chi connectivity index (χ1v) is 5.28. The fraction of sp³-hybridized carbons (Fsp3) is 0.0833. The second-order valence-corrected chi connectivity index (χ2v) is 3.82. The molecule has 0 atom stereocenters. The Hall–Kier alpha value is -2.43. The fourth-order valence-corrected chi connectivity index (χ4v) is 1.79. The Morgan fingerprint density at radius 2 is 2.12 bits per heavy atom. The summed E-state index contributed by atoms with van der Waals surface area (Å²) >= 11 is 0. The lowest BCUT2D eigenvalue weighted by Crippen LogP contribution is -2.00. The summed E-state index contributed by atoms with van der Waals surface area (Å²) in [5.41, 5.74) is 9.35. The normalized spacial score (nSPS) is 10.8. The van der Waals surface area contributed by atoms with E-state index in [1.807, 2.05) is 28.8 Å². The number of nitrogens with two attached hydrogens (primary N) is 1. The molecule has 2 heterocycles. The molecule has 0 saturated carbocycles. The van der Waals surface area contributed by atoms with Crippen molar-refractivity contribution in [3.63, 3.8) is 0 Å². The Bertz CT molecular complexity index is 644. The zero-order valence-corrected chi connectivity index (χ0v) is 9.11. The maximum atomic E-state index is 5.72. The van der Waals surface area contributed by atoms with E-state index in [2.05, 4.69) is 15.0 Å². The Morgan fingerprint density at radius 1 is 1.18 bits per heavy atom. The quantitative estimate of drug-likeness (QED) is 0.670. The lowest BCUT2D eigenvalue weighted by atomic mass is 10.3.